The molecule has 0 nitrogen and oxygen atoms in total. The average molecular weight is 849 g/mol. The first-order chi connectivity index (χ1) is 26.3. The van der Waals surface area contributed by atoms with Gasteiger partial charge in [0.15, 0.2) is 0 Å². The van der Waals surface area contributed by atoms with E-state index in [0.29, 0.717) is 0 Å². The summed E-state index contributed by atoms with van der Waals surface area (Å²) in [5, 5.41) is 18.1. The summed E-state index contributed by atoms with van der Waals surface area (Å²) in [6.07, 6.45) is 0. The number of hydrogen-bond acceptors (Lipinski definition) is 0. The van der Waals surface area contributed by atoms with Crippen molar-refractivity contribution in [3.05, 3.63) is 97.1 Å². The Morgan fingerprint density at radius 3 is 1.09 bits per heavy atom. The highest BCUT2D eigenvalue weighted by atomic mass is 28.3. The van der Waals surface area contributed by atoms with Gasteiger partial charge in [-0.1, -0.05) is 233 Å². The molecule has 1 radical (unpaired) electrons. The van der Waals surface area contributed by atoms with Gasteiger partial charge in [-0.3, -0.25) is 0 Å². The molecule has 7 rings (SSSR count). The van der Waals surface area contributed by atoms with Crippen molar-refractivity contribution in [2.45, 2.75) is 111 Å². The molecule has 0 saturated heterocycles. The van der Waals surface area contributed by atoms with Gasteiger partial charge in [0.05, 0.1) is 49.2 Å². The van der Waals surface area contributed by atoms with Crippen LogP contribution in [0, 0.1) is 0 Å². The van der Waals surface area contributed by atoms with Crippen LogP contribution in [0.3, 0.4) is 0 Å². The zero-order valence-corrected chi connectivity index (χ0v) is 44.2. The summed E-state index contributed by atoms with van der Waals surface area (Å²) < 4.78 is 0. The van der Waals surface area contributed by atoms with Gasteiger partial charge in [0.2, 0.25) is 0 Å². The van der Waals surface area contributed by atoms with E-state index in [2.05, 4.69) is 208 Å². The largest absolute Gasteiger partial charge is 0.0799 e. The lowest BCUT2D eigenvalue weighted by atomic mass is 9.84. The van der Waals surface area contributed by atoms with Crippen molar-refractivity contribution < 1.29 is 0 Å². The lowest BCUT2D eigenvalue weighted by Gasteiger charge is -2.31. The Hall–Kier alpha value is -3.12. The Kier molecular flexibility index (Phi) is 10.5. The van der Waals surface area contributed by atoms with Gasteiger partial charge in [-0.15, -0.1) is 0 Å². The second kappa shape index (κ2) is 14.3. The van der Waals surface area contributed by atoms with Crippen molar-refractivity contribution in [2.24, 2.45) is 0 Å². The summed E-state index contributed by atoms with van der Waals surface area (Å²) in [5.41, 5.74) is 8.96. The molecule has 0 saturated carbocycles. The van der Waals surface area contributed by atoms with Gasteiger partial charge in [-0.2, -0.15) is 0 Å². The van der Waals surface area contributed by atoms with Crippen LogP contribution in [-0.2, 0) is 0 Å². The maximum Gasteiger partial charge on any atom is 0.0799 e. The molecule has 0 aliphatic rings. The summed E-state index contributed by atoms with van der Waals surface area (Å²) in [6.45, 7) is 43.1. The average Bonchev–Trinajstić information content (AvgIpc) is 3.10. The van der Waals surface area contributed by atoms with Crippen molar-refractivity contribution in [2.75, 3.05) is 0 Å². The van der Waals surface area contributed by atoms with Crippen molar-refractivity contribution in [3.8, 4) is 33.4 Å². The van der Waals surface area contributed by atoms with E-state index < -0.39 is 49.2 Å². The van der Waals surface area contributed by atoms with Crippen LogP contribution in [0.1, 0.15) is 0 Å². The highest BCUT2D eigenvalue weighted by molar-refractivity contribution is 6.94. The summed E-state index contributed by atoms with van der Waals surface area (Å²) >= 11 is 0. The molecular weight excluding hydrogens is 781 g/mol. The smallest absolute Gasteiger partial charge is 0.0671 e. The van der Waals surface area contributed by atoms with E-state index in [4.69, 9.17) is 0 Å². The maximum absolute atomic E-state index is 2.70. The van der Waals surface area contributed by atoms with Crippen LogP contribution in [0.2, 0.25) is 111 Å². The third-order valence-electron chi connectivity index (χ3n) is 12.4. The minimum absolute atomic E-state index is 0.773. The first kappa shape index (κ1) is 42.0. The zero-order valence-electron chi connectivity index (χ0n) is 38.2. The highest BCUT2D eigenvalue weighted by Gasteiger charge is 2.33. The van der Waals surface area contributed by atoms with Gasteiger partial charge in [-0.25, -0.2) is 0 Å². The van der Waals surface area contributed by atoms with E-state index in [1.807, 2.05) is 0 Å². The molecule has 0 bridgehead atoms. The summed E-state index contributed by atoms with van der Waals surface area (Å²) in [6, 6.07) is 39.6. The minimum Gasteiger partial charge on any atom is -0.0671 e. The molecule has 0 spiro atoms. The van der Waals surface area contributed by atoms with Gasteiger partial charge in [0, 0.05) is 0 Å². The van der Waals surface area contributed by atoms with Gasteiger partial charge in [0.25, 0.3) is 0 Å². The van der Waals surface area contributed by atoms with Crippen LogP contribution in [0.15, 0.2) is 97.1 Å². The first-order valence-electron chi connectivity index (χ1n) is 21.3. The predicted octanol–water partition coefficient (Wildman–Crippen LogP) is 12.3. The molecule has 0 atom stereocenters. The number of benzene rings is 7. The number of hydrogen-bond donors (Lipinski definition) is 0. The Bertz CT molecular complexity index is 2600. The fraction of sp³-hybridized carbons (Fsp3) is 0.333. The quantitative estimate of drug-likeness (QED) is 0.100. The molecule has 0 fully saturated rings. The predicted molar refractivity (Wildman–Crippen MR) is 278 cm³/mol. The molecule has 295 valence electrons. The Labute approximate surface area is 352 Å². The normalized spacial score (nSPS) is 13.5. The minimum atomic E-state index is -1.76. The Balaban J connectivity index is 1.78. The summed E-state index contributed by atoms with van der Waals surface area (Å²) in [4.78, 5) is 0. The maximum atomic E-state index is 2.70. The number of rotatable bonds is 9. The van der Waals surface area contributed by atoms with E-state index in [-0.39, 0.29) is 0 Å². The molecule has 0 unspecified atom stereocenters. The van der Waals surface area contributed by atoms with E-state index in [9.17, 15) is 0 Å². The van der Waals surface area contributed by atoms with Crippen LogP contribution < -0.4 is 31.1 Å². The monoisotopic (exact) mass is 847 g/mol. The van der Waals surface area contributed by atoms with Crippen LogP contribution in [-0.4, -0.2) is 49.2 Å². The standard InChI is InChI=1S/C51H67Si6/c1-52(2)41-21-18-22-42(53(3,4)5)49(41)39-33-40(51-45(56(12,13)14)25-20-26-46(51)57(15,16)17)37-30-28-34-27-29-36(35-31-32-38(39)48(37)47(34)35)50-43(54(6,7)8)23-19-24-44(50)55(9,10)11/h18-33H,1-17H3. The molecule has 57 heavy (non-hydrogen) atoms. The molecule has 0 aliphatic carbocycles. The van der Waals surface area contributed by atoms with Crippen LogP contribution in [0.25, 0.3) is 65.7 Å². The van der Waals surface area contributed by atoms with Gasteiger partial charge in [-0.05, 0) is 71.8 Å². The molecule has 0 aliphatic heterocycles. The molecular formula is C51H67Si6. The molecule has 0 amide bonds. The molecule has 0 aromatic heterocycles. The van der Waals surface area contributed by atoms with E-state index in [0.717, 1.165) is 0 Å². The fourth-order valence-corrected chi connectivity index (χ4v) is 19.2. The summed E-state index contributed by atoms with van der Waals surface area (Å²) in [5.74, 6) is 0. The molecule has 6 heteroatoms. The molecule has 7 aromatic carbocycles. The molecule has 0 heterocycles. The Morgan fingerprint density at radius 2 is 0.667 bits per heavy atom. The van der Waals surface area contributed by atoms with Crippen molar-refractivity contribution in [3.63, 3.8) is 0 Å². The lowest BCUT2D eigenvalue weighted by Crippen LogP contribution is -2.47. The second-order valence-electron chi connectivity index (χ2n) is 22.3. The summed E-state index contributed by atoms with van der Waals surface area (Å²) in [7, 11) is -9.44. The van der Waals surface area contributed by atoms with Crippen LogP contribution >= 0.6 is 0 Å². The van der Waals surface area contributed by atoms with Gasteiger partial charge in [0.1, 0.15) is 0 Å². The van der Waals surface area contributed by atoms with E-state index in [1.54, 1.807) is 42.2 Å². The van der Waals surface area contributed by atoms with E-state index in [1.165, 1.54) is 54.6 Å². The first-order valence-corrected chi connectivity index (χ1v) is 41.3. The van der Waals surface area contributed by atoms with Gasteiger partial charge < -0.3 is 0 Å². The third-order valence-corrected chi connectivity index (χ3v) is 24.0. The Morgan fingerprint density at radius 1 is 0.333 bits per heavy atom. The van der Waals surface area contributed by atoms with Crippen molar-refractivity contribution in [1.82, 2.24) is 0 Å². The van der Waals surface area contributed by atoms with Crippen molar-refractivity contribution >= 4 is 113 Å². The lowest BCUT2D eigenvalue weighted by molar-refractivity contribution is 1.63. The van der Waals surface area contributed by atoms with Crippen LogP contribution in [0.5, 0.6) is 0 Å². The third kappa shape index (κ3) is 7.41. The molecule has 0 N–H and O–H groups in total. The second-order valence-corrected chi connectivity index (χ2v) is 50.0. The SMILES string of the molecule is C[Si](C)c1cccc([Si](C)(C)C)c1-c1cc(-c2c([Si](C)(C)C)cccc2[Si](C)(C)C)c2ccc3ccc(-c4c([Si](C)(C)C)cccc4[Si](C)(C)C)c4ccc1c2c34. The molecule has 7 aromatic rings. The van der Waals surface area contributed by atoms with Crippen LogP contribution in [0.4, 0.5) is 0 Å². The fourth-order valence-electron chi connectivity index (χ4n) is 9.60. The topological polar surface area (TPSA) is 0 Å². The highest BCUT2D eigenvalue weighted by Crippen LogP contribution is 2.46. The zero-order chi connectivity index (χ0) is 41.8. The van der Waals surface area contributed by atoms with E-state index >= 15 is 0 Å². The van der Waals surface area contributed by atoms with Crippen molar-refractivity contribution in [1.29, 1.82) is 0 Å². The van der Waals surface area contributed by atoms with Gasteiger partial charge >= 0.3 is 0 Å².